The summed E-state index contributed by atoms with van der Waals surface area (Å²) < 4.78 is 0. The Balaban J connectivity index is 2.14. The minimum Gasteiger partial charge on any atom is -0.354 e. The fourth-order valence-corrected chi connectivity index (χ4v) is 1.63. The molecule has 6 heteroatoms. The van der Waals surface area contributed by atoms with Gasteiger partial charge < -0.3 is 16.0 Å². The largest absolute Gasteiger partial charge is 0.354 e. The Morgan fingerprint density at radius 3 is 2.14 bits per heavy atom. The van der Waals surface area contributed by atoms with Crippen molar-refractivity contribution in [1.82, 2.24) is 16.0 Å². The molecule has 3 N–H and O–H groups in total. The smallest absolute Gasteiger partial charge is 0.251 e. The van der Waals surface area contributed by atoms with E-state index in [4.69, 9.17) is 0 Å². The third kappa shape index (κ3) is 7.10. The summed E-state index contributed by atoms with van der Waals surface area (Å²) in [7, 11) is 0. The Labute approximate surface area is 124 Å². The fourth-order valence-electron chi connectivity index (χ4n) is 1.63. The molecule has 21 heavy (non-hydrogen) atoms. The van der Waals surface area contributed by atoms with Gasteiger partial charge in [0.2, 0.25) is 11.8 Å². The number of rotatable bonds is 8. The molecule has 6 nitrogen and oxygen atoms in total. The standard InChI is InChI=1S/C15H21N3O3/c1-2-6-13(19)16-9-10-17-14(20)11-18-15(21)12-7-4-3-5-8-12/h3-5,7-8H,2,6,9-11H2,1H3,(H,16,19)(H,17,20)(H,18,21). The van der Waals surface area contributed by atoms with Crippen LogP contribution in [0, 0.1) is 0 Å². The molecule has 0 fully saturated rings. The Morgan fingerprint density at radius 1 is 0.905 bits per heavy atom. The van der Waals surface area contributed by atoms with Crippen LogP contribution < -0.4 is 16.0 Å². The SMILES string of the molecule is CCCC(=O)NCCNC(=O)CNC(=O)c1ccccc1. The van der Waals surface area contributed by atoms with Gasteiger partial charge in [-0.25, -0.2) is 0 Å². The van der Waals surface area contributed by atoms with E-state index in [1.165, 1.54) is 0 Å². The van der Waals surface area contributed by atoms with Gasteiger partial charge in [0.25, 0.3) is 5.91 Å². The highest BCUT2D eigenvalue weighted by atomic mass is 16.2. The van der Waals surface area contributed by atoms with Gasteiger partial charge >= 0.3 is 0 Å². The number of amides is 3. The molecule has 0 aliphatic heterocycles. The Bertz CT molecular complexity index is 474. The van der Waals surface area contributed by atoms with Gasteiger partial charge in [0.1, 0.15) is 0 Å². The van der Waals surface area contributed by atoms with Crippen LogP contribution in [-0.4, -0.2) is 37.4 Å². The van der Waals surface area contributed by atoms with Crippen molar-refractivity contribution < 1.29 is 14.4 Å². The zero-order valence-electron chi connectivity index (χ0n) is 12.1. The van der Waals surface area contributed by atoms with Gasteiger partial charge in [-0.15, -0.1) is 0 Å². The normalized spacial score (nSPS) is 9.76. The summed E-state index contributed by atoms with van der Waals surface area (Å²) in [5, 5.41) is 7.84. The van der Waals surface area contributed by atoms with E-state index in [0.717, 1.165) is 6.42 Å². The van der Waals surface area contributed by atoms with E-state index in [1.807, 2.05) is 13.0 Å². The number of carbonyl (C=O) groups excluding carboxylic acids is 3. The molecule has 0 atom stereocenters. The highest BCUT2D eigenvalue weighted by Crippen LogP contribution is 1.97. The molecular weight excluding hydrogens is 270 g/mol. The molecule has 0 aromatic heterocycles. The van der Waals surface area contributed by atoms with Gasteiger partial charge in [0.15, 0.2) is 0 Å². The second kappa shape index (κ2) is 9.52. The monoisotopic (exact) mass is 291 g/mol. The first-order valence-corrected chi connectivity index (χ1v) is 7.00. The summed E-state index contributed by atoms with van der Waals surface area (Å²) >= 11 is 0. The number of hydrogen-bond acceptors (Lipinski definition) is 3. The van der Waals surface area contributed by atoms with Crippen LogP contribution in [-0.2, 0) is 9.59 Å². The Morgan fingerprint density at radius 2 is 1.52 bits per heavy atom. The molecule has 0 bridgehead atoms. The van der Waals surface area contributed by atoms with Gasteiger partial charge in [-0.3, -0.25) is 14.4 Å². The molecule has 0 unspecified atom stereocenters. The number of benzene rings is 1. The molecular formula is C15H21N3O3. The summed E-state index contributed by atoms with van der Waals surface area (Å²) in [6.07, 6.45) is 1.28. The van der Waals surface area contributed by atoms with E-state index in [2.05, 4.69) is 16.0 Å². The van der Waals surface area contributed by atoms with Gasteiger partial charge in [-0.2, -0.15) is 0 Å². The molecule has 0 aliphatic carbocycles. The minimum absolute atomic E-state index is 0.0240. The topological polar surface area (TPSA) is 87.3 Å². The van der Waals surface area contributed by atoms with E-state index in [9.17, 15) is 14.4 Å². The quantitative estimate of drug-likeness (QED) is 0.608. The lowest BCUT2D eigenvalue weighted by molar-refractivity contribution is -0.122. The first-order chi connectivity index (χ1) is 10.1. The maximum absolute atomic E-state index is 11.7. The van der Waals surface area contributed by atoms with Crippen molar-refractivity contribution in [2.75, 3.05) is 19.6 Å². The van der Waals surface area contributed by atoms with E-state index in [-0.39, 0.29) is 24.3 Å². The average Bonchev–Trinajstić information content (AvgIpc) is 2.50. The molecule has 1 rings (SSSR count). The highest BCUT2D eigenvalue weighted by Gasteiger charge is 2.07. The maximum Gasteiger partial charge on any atom is 0.251 e. The third-order valence-electron chi connectivity index (χ3n) is 2.69. The Kier molecular flexibility index (Phi) is 7.56. The van der Waals surface area contributed by atoms with Crippen molar-refractivity contribution in [3.8, 4) is 0 Å². The van der Waals surface area contributed by atoms with Crippen LogP contribution in [0.3, 0.4) is 0 Å². The lowest BCUT2D eigenvalue weighted by Gasteiger charge is -2.08. The molecule has 1 aromatic carbocycles. The summed E-state index contributed by atoms with van der Waals surface area (Å²) in [6, 6.07) is 8.69. The van der Waals surface area contributed by atoms with Crippen molar-refractivity contribution in [3.63, 3.8) is 0 Å². The van der Waals surface area contributed by atoms with E-state index in [1.54, 1.807) is 24.3 Å². The van der Waals surface area contributed by atoms with Crippen molar-refractivity contribution >= 4 is 17.7 Å². The van der Waals surface area contributed by atoms with Crippen molar-refractivity contribution in [1.29, 1.82) is 0 Å². The lowest BCUT2D eigenvalue weighted by atomic mass is 10.2. The molecule has 0 aliphatic rings. The predicted molar refractivity (Wildman–Crippen MR) is 79.7 cm³/mol. The molecule has 0 saturated carbocycles. The summed E-state index contributed by atoms with van der Waals surface area (Å²) in [6.45, 7) is 2.57. The van der Waals surface area contributed by atoms with Gasteiger partial charge in [0.05, 0.1) is 6.54 Å². The zero-order chi connectivity index (χ0) is 15.5. The minimum atomic E-state index is -0.290. The van der Waals surface area contributed by atoms with Gasteiger partial charge in [0, 0.05) is 25.1 Å². The second-order valence-electron chi connectivity index (χ2n) is 4.50. The highest BCUT2D eigenvalue weighted by molar-refractivity contribution is 5.96. The van der Waals surface area contributed by atoms with Crippen LogP contribution in [0.25, 0.3) is 0 Å². The second-order valence-corrected chi connectivity index (χ2v) is 4.50. The first-order valence-electron chi connectivity index (χ1n) is 7.00. The molecule has 114 valence electrons. The molecule has 0 radical (unpaired) electrons. The van der Waals surface area contributed by atoms with Gasteiger partial charge in [-0.05, 0) is 18.6 Å². The van der Waals surface area contributed by atoms with Crippen molar-refractivity contribution in [3.05, 3.63) is 35.9 Å². The van der Waals surface area contributed by atoms with E-state index in [0.29, 0.717) is 25.1 Å². The first kappa shape index (κ1) is 16.7. The summed E-state index contributed by atoms with van der Waals surface area (Å²) in [5.41, 5.74) is 0.511. The maximum atomic E-state index is 11.7. The van der Waals surface area contributed by atoms with E-state index >= 15 is 0 Å². The van der Waals surface area contributed by atoms with Crippen LogP contribution in [0.4, 0.5) is 0 Å². The van der Waals surface area contributed by atoms with Crippen LogP contribution in [0.15, 0.2) is 30.3 Å². The molecule has 0 heterocycles. The van der Waals surface area contributed by atoms with Crippen LogP contribution in [0.2, 0.25) is 0 Å². The van der Waals surface area contributed by atoms with Crippen LogP contribution in [0.1, 0.15) is 30.1 Å². The molecule has 0 saturated heterocycles. The Hall–Kier alpha value is -2.37. The molecule has 3 amide bonds. The predicted octanol–water partition coefficient (Wildman–Crippen LogP) is 0.449. The number of nitrogens with one attached hydrogen (secondary N) is 3. The van der Waals surface area contributed by atoms with Crippen LogP contribution in [0.5, 0.6) is 0 Å². The van der Waals surface area contributed by atoms with Crippen molar-refractivity contribution in [2.24, 2.45) is 0 Å². The number of hydrogen-bond donors (Lipinski definition) is 3. The number of carbonyl (C=O) groups is 3. The fraction of sp³-hybridized carbons (Fsp3) is 0.400. The van der Waals surface area contributed by atoms with Gasteiger partial charge in [-0.1, -0.05) is 25.1 Å². The molecule has 1 aromatic rings. The zero-order valence-corrected chi connectivity index (χ0v) is 12.1. The lowest BCUT2D eigenvalue weighted by Crippen LogP contribution is -2.40. The third-order valence-corrected chi connectivity index (χ3v) is 2.69. The average molecular weight is 291 g/mol. The summed E-state index contributed by atoms with van der Waals surface area (Å²) in [4.78, 5) is 34.4. The summed E-state index contributed by atoms with van der Waals surface area (Å²) in [5.74, 6) is -0.602. The van der Waals surface area contributed by atoms with Crippen molar-refractivity contribution in [2.45, 2.75) is 19.8 Å². The van der Waals surface area contributed by atoms with Crippen LogP contribution >= 0.6 is 0 Å². The molecule has 0 spiro atoms. The van der Waals surface area contributed by atoms with E-state index < -0.39 is 0 Å².